The van der Waals surface area contributed by atoms with Gasteiger partial charge >= 0.3 is 6.03 Å². The van der Waals surface area contributed by atoms with E-state index in [0.717, 1.165) is 36.4 Å². The van der Waals surface area contributed by atoms with Crippen molar-refractivity contribution in [3.8, 4) is 0 Å². The number of hydrogen-bond donors (Lipinski definition) is 1. The maximum Gasteiger partial charge on any atom is 0.327 e. The standard InChI is InChI=1S/C18H22N4O4/c1-12-9-13(17(25)21-7-3-4-8-21)5-6-14(12)19-15(23)10-22-16(24)11-20(2)18(22)26/h5-6,9H,3-4,7-8,10-11H2,1-2H3,(H,19,23). The fourth-order valence-electron chi connectivity index (χ4n) is 3.20. The number of anilines is 1. The van der Waals surface area contributed by atoms with Crippen molar-refractivity contribution in [1.29, 1.82) is 0 Å². The van der Waals surface area contributed by atoms with E-state index in [2.05, 4.69) is 5.32 Å². The summed E-state index contributed by atoms with van der Waals surface area (Å²) >= 11 is 0. The van der Waals surface area contributed by atoms with Crippen LogP contribution in [-0.2, 0) is 9.59 Å². The van der Waals surface area contributed by atoms with Crippen LogP contribution in [0.3, 0.4) is 0 Å². The van der Waals surface area contributed by atoms with Crippen LogP contribution < -0.4 is 5.32 Å². The molecule has 1 aromatic carbocycles. The smallest absolute Gasteiger partial charge is 0.327 e. The molecule has 0 bridgehead atoms. The van der Waals surface area contributed by atoms with Crippen molar-refractivity contribution in [1.82, 2.24) is 14.7 Å². The Kier molecular flexibility index (Phi) is 4.92. The second-order valence-electron chi connectivity index (χ2n) is 6.70. The number of nitrogens with one attached hydrogen (secondary N) is 1. The minimum absolute atomic E-state index is 0.000209. The van der Waals surface area contributed by atoms with E-state index in [1.54, 1.807) is 25.1 Å². The monoisotopic (exact) mass is 358 g/mol. The molecule has 2 aliphatic rings. The number of carbonyl (C=O) groups excluding carboxylic acids is 4. The molecule has 5 amide bonds. The molecular formula is C18H22N4O4. The summed E-state index contributed by atoms with van der Waals surface area (Å²) < 4.78 is 0. The van der Waals surface area contributed by atoms with E-state index in [-0.39, 0.29) is 19.0 Å². The molecule has 2 fully saturated rings. The molecule has 2 saturated heterocycles. The first kappa shape index (κ1) is 17.9. The Morgan fingerprint density at radius 3 is 2.42 bits per heavy atom. The number of rotatable bonds is 4. The minimum Gasteiger partial charge on any atom is -0.339 e. The summed E-state index contributed by atoms with van der Waals surface area (Å²) in [5.41, 5.74) is 1.90. The molecule has 0 saturated carbocycles. The third kappa shape index (κ3) is 3.54. The molecule has 26 heavy (non-hydrogen) atoms. The van der Waals surface area contributed by atoms with Gasteiger partial charge in [0.1, 0.15) is 13.1 Å². The molecule has 3 rings (SSSR count). The largest absolute Gasteiger partial charge is 0.339 e. The number of likely N-dealkylation sites (tertiary alicyclic amines) is 1. The SMILES string of the molecule is Cc1cc(C(=O)N2CCCC2)ccc1NC(=O)CN1C(=O)CN(C)C1=O. The lowest BCUT2D eigenvalue weighted by Gasteiger charge is -2.17. The molecule has 1 N–H and O–H groups in total. The number of imide groups is 1. The predicted molar refractivity (Wildman–Crippen MR) is 94.7 cm³/mol. The van der Waals surface area contributed by atoms with Gasteiger partial charge in [0, 0.05) is 31.4 Å². The number of hydrogen-bond acceptors (Lipinski definition) is 4. The van der Waals surface area contributed by atoms with Gasteiger partial charge in [-0.05, 0) is 43.5 Å². The summed E-state index contributed by atoms with van der Waals surface area (Å²) in [6.07, 6.45) is 2.06. The molecule has 2 heterocycles. The Morgan fingerprint density at radius 2 is 1.85 bits per heavy atom. The summed E-state index contributed by atoms with van der Waals surface area (Å²) in [6.45, 7) is 3.02. The van der Waals surface area contributed by atoms with Crippen molar-refractivity contribution < 1.29 is 19.2 Å². The van der Waals surface area contributed by atoms with Crippen LogP contribution in [0.4, 0.5) is 10.5 Å². The molecule has 1 aromatic rings. The summed E-state index contributed by atoms with van der Waals surface area (Å²) in [5, 5.41) is 2.70. The molecule has 2 aliphatic heterocycles. The van der Waals surface area contributed by atoms with Crippen LogP contribution in [-0.4, -0.2) is 71.7 Å². The number of nitrogens with zero attached hydrogens (tertiary/aromatic N) is 3. The molecule has 0 spiro atoms. The van der Waals surface area contributed by atoms with E-state index in [1.807, 2.05) is 4.90 Å². The lowest BCUT2D eigenvalue weighted by molar-refractivity contribution is -0.129. The quantitative estimate of drug-likeness (QED) is 0.815. The Morgan fingerprint density at radius 1 is 1.15 bits per heavy atom. The normalized spacial score (nSPS) is 17.2. The summed E-state index contributed by atoms with van der Waals surface area (Å²) in [6, 6.07) is 4.63. The van der Waals surface area contributed by atoms with Gasteiger partial charge in [-0.1, -0.05) is 0 Å². The zero-order valence-corrected chi connectivity index (χ0v) is 14.9. The van der Waals surface area contributed by atoms with Crippen LogP contribution >= 0.6 is 0 Å². The van der Waals surface area contributed by atoms with Crippen molar-refractivity contribution >= 4 is 29.4 Å². The topological polar surface area (TPSA) is 90.0 Å². The molecular weight excluding hydrogens is 336 g/mol. The minimum atomic E-state index is -0.478. The summed E-state index contributed by atoms with van der Waals surface area (Å²) in [5.74, 6) is -0.848. The van der Waals surface area contributed by atoms with Crippen molar-refractivity contribution in [2.75, 3.05) is 38.5 Å². The number of urea groups is 1. The molecule has 0 atom stereocenters. The van der Waals surface area contributed by atoms with Crippen LogP contribution in [0.1, 0.15) is 28.8 Å². The molecule has 0 aliphatic carbocycles. The molecule has 138 valence electrons. The highest BCUT2D eigenvalue weighted by Gasteiger charge is 2.34. The van der Waals surface area contributed by atoms with E-state index in [1.165, 1.54) is 11.9 Å². The fourth-order valence-corrected chi connectivity index (χ4v) is 3.20. The highest BCUT2D eigenvalue weighted by molar-refractivity contribution is 6.06. The molecule has 8 heteroatoms. The summed E-state index contributed by atoms with van der Waals surface area (Å²) in [7, 11) is 1.51. The van der Waals surface area contributed by atoms with Gasteiger partial charge < -0.3 is 15.1 Å². The third-order valence-electron chi connectivity index (χ3n) is 4.67. The van der Waals surface area contributed by atoms with E-state index in [0.29, 0.717) is 11.3 Å². The third-order valence-corrected chi connectivity index (χ3v) is 4.67. The number of likely N-dealkylation sites (N-methyl/N-ethyl adjacent to an activating group) is 1. The van der Waals surface area contributed by atoms with Gasteiger partial charge in [-0.25, -0.2) is 4.79 Å². The van der Waals surface area contributed by atoms with Crippen LogP contribution in [0.5, 0.6) is 0 Å². The van der Waals surface area contributed by atoms with Gasteiger partial charge in [0.15, 0.2) is 0 Å². The Hall–Kier alpha value is -2.90. The van der Waals surface area contributed by atoms with Crippen molar-refractivity contribution in [3.63, 3.8) is 0 Å². The van der Waals surface area contributed by atoms with Crippen molar-refractivity contribution in [2.24, 2.45) is 0 Å². The van der Waals surface area contributed by atoms with Gasteiger partial charge in [0.05, 0.1) is 0 Å². The van der Waals surface area contributed by atoms with Crippen LogP contribution in [0.15, 0.2) is 18.2 Å². The van der Waals surface area contributed by atoms with Crippen LogP contribution in [0.25, 0.3) is 0 Å². The maximum atomic E-state index is 12.4. The average molecular weight is 358 g/mol. The lowest BCUT2D eigenvalue weighted by atomic mass is 10.1. The number of aryl methyl sites for hydroxylation is 1. The second-order valence-corrected chi connectivity index (χ2v) is 6.70. The van der Waals surface area contributed by atoms with E-state index >= 15 is 0 Å². The first-order chi connectivity index (χ1) is 12.4. The van der Waals surface area contributed by atoms with Crippen molar-refractivity contribution in [2.45, 2.75) is 19.8 Å². The zero-order chi connectivity index (χ0) is 18.8. The molecule has 8 nitrogen and oxygen atoms in total. The Labute approximate surface area is 151 Å². The van der Waals surface area contributed by atoms with Gasteiger partial charge in [-0.15, -0.1) is 0 Å². The molecule has 0 radical (unpaired) electrons. The fraction of sp³-hybridized carbons (Fsp3) is 0.444. The Balaban J connectivity index is 1.64. The maximum absolute atomic E-state index is 12.4. The van der Waals surface area contributed by atoms with E-state index in [9.17, 15) is 19.2 Å². The first-order valence-electron chi connectivity index (χ1n) is 8.62. The zero-order valence-electron chi connectivity index (χ0n) is 14.9. The van der Waals surface area contributed by atoms with Gasteiger partial charge in [0.25, 0.3) is 11.8 Å². The average Bonchev–Trinajstić information content (AvgIpc) is 3.21. The Bertz CT molecular complexity index is 770. The van der Waals surface area contributed by atoms with Gasteiger partial charge in [-0.3, -0.25) is 19.3 Å². The number of benzene rings is 1. The van der Waals surface area contributed by atoms with E-state index in [4.69, 9.17) is 0 Å². The highest BCUT2D eigenvalue weighted by Crippen LogP contribution is 2.20. The van der Waals surface area contributed by atoms with Gasteiger partial charge in [-0.2, -0.15) is 0 Å². The second kappa shape index (κ2) is 7.15. The summed E-state index contributed by atoms with van der Waals surface area (Å²) in [4.78, 5) is 52.2. The van der Waals surface area contributed by atoms with Crippen LogP contribution in [0.2, 0.25) is 0 Å². The van der Waals surface area contributed by atoms with Crippen LogP contribution in [0, 0.1) is 6.92 Å². The molecule has 0 aromatic heterocycles. The number of amides is 5. The molecule has 0 unspecified atom stereocenters. The van der Waals surface area contributed by atoms with Crippen molar-refractivity contribution in [3.05, 3.63) is 29.3 Å². The lowest BCUT2D eigenvalue weighted by Crippen LogP contribution is -2.38. The predicted octanol–water partition coefficient (Wildman–Crippen LogP) is 1.06. The van der Waals surface area contributed by atoms with Gasteiger partial charge in [0.2, 0.25) is 5.91 Å². The highest BCUT2D eigenvalue weighted by atomic mass is 16.2. The number of carbonyl (C=O) groups is 4. The van der Waals surface area contributed by atoms with E-state index < -0.39 is 17.8 Å². The first-order valence-corrected chi connectivity index (χ1v) is 8.62.